The van der Waals surface area contributed by atoms with E-state index in [4.69, 9.17) is 5.26 Å². The highest BCUT2D eigenvalue weighted by Crippen LogP contribution is 2.29. The van der Waals surface area contributed by atoms with E-state index in [2.05, 4.69) is 508 Å². The summed E-state index contributed by atoms with van der Waals surface area (Å²) in [6.45, 7) is 5.74. The Balaban J connectivity index is 0.000000115. The fourth-order valence-electron chi connectivity index (χ4n) is 19.6. The molecule has 17 nitrogen and oxygen atoms in total. The largest absolute Gasteiger partial charge is 0.370 e. The highest BCUT2D eigenvalue weighted by Gasteiger charge is 2.23. The first-order chi connectivity index (χ1) is 68.7. The number of hydrogen-bond donors (Lipinski definition) is 8. The molecule has 8 N–H and O–H groups in total. The Morgan fingerprint density at radius 3 is 0.730 bits per heavy atom. The first-order valence-electron chi connectivity index (χ1n) is 47.8. The van der Waals surface area contributed by atoms with E-state index in [0.717, 1.165) is 78.9 Å². The number of hydrogen-bond acceptors (Lipinski definition) is 9. The fourth-order valence-corrected chi connectivity index (χ4v) is 19.6. The van der Waals surface area contributed by atoms with Gasteiger partial charge in [-0.05, 0) is 169 Å². The van der Waals surface area contributed by atoms with Crippen molar-refractivity contribution in [1.29, 1.82) is 5.26 Å². The molecular weight excluding hydrogens is 1730 g/mol. The van der Waals surface area contributed by atoms with E-state index in [9.17, 15) is 0 Å². The number of aromatic nitrogens is 8. The van der Waals surface area contributed by atoms with Crippen molar-refractivity contribution in [3.63, 3.8) is 0 Å². The molecule has 0 aliphatic carbocycles. The minimum absolute atomic E-state index is 0. The Morgan fingerprint density at radius 1 is 0.220 bits per heavy atom. The van der Waals surface area contributed by atoms with E-state index in [1.54, 1.807) is 0 Å². The SMILES string of the molecule is C.C[n+]1ccc(C(c2cc[n+](C)cc2)=c2c3ccccc3c(=C3NC=CN3)c3ccccc23)cc1.C[n+]1ccc(C(c2cc[n+](C)cc2)=c2c3ccccc3c(=C3NCCN3)c3ccccc23)cc1.C[n+]1ccc(C(c2cc[n+](C)cc2)=c2ccc(=C3NCCN3)c3ccccc23)cc1.C[n+]1ccc(C(c2cc[n+](C)cc2)=c2ccc(=C3NCCN3)c3ccccc23)cc1.N#Cc1cccc2ccccc12. The normalized spacial score (nSPS) is 12.7. The zero-order valence-corrected chi connectivity index (χ0v) is 80.1. The first-order valence-corrected chi connectivity index (χ1v) is 47.8. The van der Waals surface area contributed by atoms with E-state index >= 15 is 0 Å². The van der Waals surface area contributed by atoms with Gasteiger partial charge in [-0.2, -0.15) is 5.26 Å². The number of nitrogens with zero attached hydrogens (tertiary/aromatic N) is 9. The molecule has 0 radical (unpaired) electrons. The molecule has 12 heterocycles. The summed E-state index contributed by atoms with van der Waals surface area (Å²) in [6, 6.07) is 113. The molecule has 690 valence electrons. The van der Waals surface area contributed by atoms with Crippen LogP contribution in [0.25, 0.3) is 121 Å². The van der Waals surface area contributed by atoms with E-state index < -0.39 is 0 Å². The highest BCUT2D eigenvalue weighted by molar-refractivity contribution is 6.07. The van der Waals surface area contributed by atoms with Crippen LogP contribution in [-0.2, 0) is 56.4 Å². The quantitative estimate of drug-likeness (QED) is 0.0550. The summed E-state index contributed by atoms with van der Waals surface area (Å²) in [5.41, 5.74) is 15.4. The standard InChI is InChI=1S/C30H27N4.C30H25N4.2C26H25N4.C11H7N.CH4/c2*1-33-17-11-21(12-18-33)27(22-13-19-34(2)20-14-22)28-23-7-3-5-9-25(23)29(30-31-15-16-32-30)26-10-6-4-8-24(26)28;2*1-29-15-9-19(10-16-29)25(20-11-17-30(2)18-12-20)23-7-8-24(26-27-13-14-28-26)22-6-4-3-5-21(22)23;12-8-10-6-3-5-9-4-1-2-7-11(9)10;/h3-14,17-20H,15-16H2,1-2H3,(H,31,32);3-20H,1-2H3,(H,31,32);2*3-12,15-18H,13-14H2,1-2H3,(H,27,28);1-7H;1H4/q4*+1;;/p+4. The molecule has 3 saturated heterocycles. The summed E-state index contributed by atoms with van der Waals surface area (Å²) in [5, 5.41) is 63.7. The van der Waals surface area contributed by atoms with Gasteiger partial charge in [0.15, 0.2) is 99.1 Å². The minimum atomic E-state index is 0. The lowest BCUT2D eigenvalue weighted by atomic mass is 9.90. The van der Waals surface area contributed by atoms with Crippen LogP contribution in [0, 0.1) is 11.3 Å². The van der Waals surface area contributed by atoms with Crippen LogP contribution >= 0.6 is 0 Å². The molecule has 20 aromatic rings. The van der Waals surface area contributed by atoms with E-state index in [0.29, 0.717) is 0 Å². The van der Waals surface area contributed by atoms with Crippen molar-refractivity contribution in [2.75, 3.05) is 39.3 Å². The van der Waals surface area contributed by atoms with Crippen LogP contribution in [-0.4, -0.2) is 39.3 Å². The van der Waals surface area contributed by atoms with Crippen LogP contribution in [0.1, 0.15) is 57.5 Å². The Kier molecular flexibility index (Phi) is 27.4. The summed E-state index contributed by atoms with van der Waals surface area (Å²) in [4.78, 5) is 0. The summed E-state index contributed by atoms with van der Waals surface area (Å²) in [6.07, 6.45) is 37.7. The zero-order chi connectivity index (χ0) is 95.5. The second kappa shape index (κ2) is 41.8. The van der Waals surface area contributed by atoms with Gasteiger partial charge in [-0.25, -0.2) is 36.5 Å². The third kappa shape index (κ3) is 19.5. The van der Waals surface area contributed by atoms with E-state index in [1.807, 2.05) is 54.9 Å². The fraction of sp³-hybridized carbons (Fsp3) is 0.121. The average molecular weight is 1850 g/mol. The molecule has 4 aliphatic heterocycles. The second-order valence-electron chi connectivity index (χ2n) is 35.9. The molecule has 141 heavy (non-hydrogen) atoms. The van der Waals surface area contributed by atoms with Gasteiger partial charge in [-0.15, -0.1) is 0 Å². The number of fused-ring (bicyclic) bond motifs is 7. The minimum Gasteiger partial charge on any atom is -0.370 e. The summed E-state index contributed by atoms with van der Waals surface area (Å²) >= 11 is 0. The Labute approximate surface area is 821 Å². The second-order valence-corrected chi connectivity index (χ2v) is 35.9. The molecule has 24 rings (SSSR count). The number of benzene rings is 12. The summed E-state index contributed by atoms with van der Waals surface area (Å²) in [5.74, 6) is 4.38. The van der Waals surface area contributed by atoms with Gasteiger partial charge in [0.2, 0.25) is 0 Å². The third-order valence-corrected chi connectivity index (χ3v) is 26.6. The van der Waals surface area contributed by atoms with Crippen LogP contribution in [0.2, 0.25) is 0 Å². The topological polar surface area (TPSA) is 151 Å². The maximum atomic E-state index is 8.79. The first kappa shape index (κ1) is 92.3. The Morgan fingerprint density at radius 2 is 0.447 bits per heavy atom. The Bertz CT molecular complexity index is 7980. The monoisotopic (exact) mass is 1840 g/mol. The molecule has 0 spiro atoms. The lowest BCUT2D eigenvalue weighted by Crippen LogP contribution is -2.28. The molecule has 3 fully saturated rings. The van der Waals surface area contributed by atoms with Crippen molar-refractivity contribution in [2.45, 2.75) is 7.43 Å². The van der Waals surface area contributed by atoms with Gasteiger partial charge in [-0.1, -0.05) is 214 Å². The molecule has 0 atom stereocenters. The summed E-state index contributed by atoms with van der Waals surface area (Å²) in [7, 11) is 16.4. The van der Waals surface area contributed by atoms with E-state index in [-0.39, 0.29) is 7.43 Å². The van der Waals surface area contributed by atoms with Crippen molar-refractivity contribution in [2.24, 2.45) is 56.4 Å². The molecular formula is C124H117N17+8. The van der Waals surface area contributed by atoms with Crippen molar-refractivity contribution in [1.82, 2.24) is 42.5 Å². The molecule has 0 unspecified atom stereocenters. The van der Waals surface area contributed by atoms with Crippen LogP contribution in [0.4, 0.5) is 0 Å². The van der Waals surface area contributed by atoms with Gasteiger partial charge in [-0.3, -0.25) is 0 Å². The van der Waals surface area contributed by atoms with Crippen LogP contribution < -0.4 is 121 Å². The predicted octanol–water partition coefficient (Wildman–Crippen LogP) is 10.1. The van der Waals surface area contributed by atoms with Gasteiger partial charge >= 0.3 is 0 Å². The van der Waals surface area contributed by atoms with Crippen molar-refractivity contribution in [3.05, 3.63) is 513 Å². The molecule has 0 bridgehead atoms. The average Bonchev–Trinajstić information content (AvgIpc) is 1.72. The highest BCUT2D eigenvalue weighted by atomic mass is 15.2. The van der Waals surface area contributed by atoms with Crippen LogP contribution in [0.5, 0.6) is 0 Å². The molecule has 4 aliphatic rings. The number of nitriles is 1. The molecule has 17 heteroatoms. The van der Waals surface area contributed by atoms with Gasteiger partial charge < -0.3 is 42.5 Å². The molecule has 0 amide bonds. The van der Waals surface area contributed by atoms with Crippen LogP contribution in [0.15, 0.2) is 421 Å². The maximum Gasteiger partial charge on any atom is 0.169 e. The third-order valence-electron chi connectivity index (χ3n) is 26.6. The Hall–Kier alpha value is -17.8. The van der Waals surface area contributed by atoms with Gasteiger partial charge in [0.05, 0.1) is 11.6 Å². The van der Waals surface area contributed by atoms with Gasteiger partial charge in [0.25, 0.3) is 0 Å². The van der Waals surface area contributed by atoms with Crippen LogP contribution in [0.3, 0.4) is 0 Å². The van der Waals surface area contributed by atoms with Crippen molar-refractivity contribution < 1.29 is 36.5 Å². The molecule has 8 aromatic heterocycles. The number of aryl methyl sites for hydroxylation is 8. The lowest BCUT2D eigenvalue weighted by molar-refractivity contribution is -0.671. The number of rotatable bonds is 8. The lowest BCUT2D eigenvalue weighted by Gasteiger charge is -2.14. The van der Waals surface area contributed by atoms with Crippen molar-refractivity contribution >= 4 is 121 Å². The number of pyridine rings is 8. The number of nitrogens with one attached hydrogen (secondary N) is 8. The molecule has 0 saturated carbocycles. The van der Waals surface area contributed by atoms with Gasteiger partial charge in [0, 0.05) is 170 Å². The zero-order valence-electron chi connectivity index (χ0n) is 80.1. The maximum absolute atomic E-state index is 8.79. The van der Waals surface area contributed by atoms with Gasteiger partial charge in [0.1, 0.15) is 79.7 Å². The predicted molar refractivity (Wildman–Crippen MR) is 568 cm³/mol. The van der Waals surface area contributed by atoms with E-state index in [1.165, 1.54) is 173 Å². The molecule has 12 aromatic carbocycles. The smallest absolute Gasteiger partial charge is 0.169 e. The van der Waals surface area contributed by atoms with Crippen molar-refractivity contribution in [3.8, 4) is 6.07 Å². The summed E-state index contributed by atoms with van der Waals surface area (Å²) < 4.78 is 16.6.